The predicted octanol–water partition coefficient (Wildman–Crippen LogP) is -1.54. The number of aliphatic hydroxyl groups is 18. The van der Waals surface area contributed by atoms with Crippen LogP contribution in [0.4, 0.5) is 0 Å². The summed E-state index contributed by atoms with van der Waals surface area (Å²) in [4.78, 5) is 26.5. The number of nitrogens with one attached hydrogen (secondary N) is 2. The zero-order chi connectivity index (χ0) is 79.0. The quantitative estimate of drug-likeness (QED) is 0.0242. The molecule has 20 N–H and O–H groups in total. The fraction of sp³-hybridized carbons (Fsp3) is 0.946. The van der Waals surface area contributed by atoms with Gasteiger partial charge in [0.05, 0.1) is 57.9 Å². The molecule has 0 aromatic carbocycles. The smallest absolute Gasteiger partial charge is 0.220 e. The molecule has 0 bridgehead atoms. The van der Waals surface area contributed by atoms with Crippen molar-refractivity contribution < 1.29 is 158 Å². The van der Waals surface area contributed by atoms with Crippen LogP contribution in [0.25, 0.3) is 0 Å². The molecule has 632 valence electrons. The van der Waals surface area contributed by atoms with Crippen LogP contribution in [0.15, 0.2) is 12.2 Å². The van der Waals surface area contributed by atoms with E-state index in [1.165, 1.54) is 116 Å². The third-order valence-corrected chi connectivity index (χ3v) is 21.3. The zero-order valence-corrected chi connectivity index (χ0v) is 63.4. The lowest BCUT2D eigenvalue weighted by molar-refractivity contribution is -0.393. The van der Waals surface area contributed by atoms with Gasteiger partial charge in [-0.15, -0.1) is 0 Å². The summed E-state index contributed by atoms with van der Waals surface area (Å²) in [5, 5.41) is 205. The monoisotopic (exact) mass is 1560 g/mol. The molecule has 12 unspecified atom stereocenters. The van der Waals surface area contributed by atoms with Gasteiger partial charge in [-0.25, -0.2) is 0 Å². The maximum atomic E-state index is 13.5. The summed E-state index contributed by atoms with van der Waals surface area (Å²) in [6.07, 6.45) is -21.7. The summed E-state index contributed by atoms with van der Waals surface area (Å²) in [6.45, 7) is 1.35. The van der Waals surface area contributed by atoms with E-state index in [0.29, 0.717) is 12.8 Å². The van der Waals surface area contributed by atoms with E-state index in [0.717, 1.165) is 58.3 Å². The van der Waals surface area contributed by atoms with E-state index in [2.05, 4.69) is 24.5 Å². The number of unbranched alkanes of at least 4 members (excludes halogenated alkanes) is 25. The number of amides is 2. The van der Waals surface area contributed by atoms with E-state index in [1.807, 2.05) is 6.08 Å². The Morgan fingerprint density at radius 1 is 0.380 bits per heavy atom. The maximum Gasteiger partial charge on any atom is 0.220 e. The molecule has 6 fully saturated rings. The normalized spacial score (nSPS) is 38.2. The number of carbonyl (C=O) groups excluding carboxylic acids is 2. The second-order valence-corrected chi connectivity index (χ2v) is 29.9. The molecule has 34 heteroatoms. The number of aliphatic hydroxyl groups excluding tert-OH is 18. The highest BCUT2D eigenvalue weighted by Crippen LogP contribution is 2.38. The molecule has 108 heavy (non-hydrogen) atoms. The largest absolute Gasteiger partial charge is 0.394 e. The summed E-state index contributed by atoms with van der Waals surface area (Å²) in [6, 6.07) is -2.87. The van der Waals surface area contributed by atoms with Crippen LogP contribution in [0.3, 0.4) is 0 Å². The molecule has 0 radical (unpaired) electrons. The van der Waals surface area contributed by atoms with Crippen LogP contribution in [-0.2, 0) is 66.4 Å². The van der Waals surface area contributed by atoms with Gasteiger partial charge in [0.25, 0.3) is 0 Å². The second-order valence-electron chi connectivity index (χ2n) is 29.9. The summed E-state index contributed by atoms with van der Waals surface area (Å²) in [5.41, 5.74) is 0. The molecule has 0 aliphatic carbocycles. The Morgan fingerprint density at radius 2 is 0.750 bits per heavy atom. The summed E-state index contributed by atoms with van der Waals surface area (Å²) in [5.74, 6) is -1.20. The Bertz CT molecular complexity index is 2450. The highest BCUT2D eigenvalue weighted by atomic mass is 16.8. The molecule has 34 nitrogen and oxygen atoms in total. The van der Waals surface area contributed by atoms with Crippen molar-refractivity contribution in [2.24, 2.45) is 0 Å². The molecule has 6 heterocycles. The van der Waals surface area contributed by atoms with Crippen molar-refractivity contribution in [3.05, 3.63) is 12.2 Å². The molecule has 0 aromatic heterocycles. The van der Waals surface area contributed by atoms with Crippen LogP contribution in [0.2, 0.25) is 0 Å². The minimum atomic E-state index is -2.25. The molecule has 2 amide bonds. The van der Waals surface area contributed by atoms with Crippen molar-refractivity contribution in [3.63, 3.8) is 0 Å². The number of hydrogen-bond donors (Lipinski definition) is 20. The van der Waals surface area contributed by atoms with E-state index < -0.39 is 242 Å². The Balaban J connectivity index is 1.08. The Hall–Kier alpha value is -2.52. The van der Waals surface area contributed by atoms with Crippen LogP contribution in [0, 0.1) is 0 Å². The first-order chi connectivity index (χ1) is 51.9. The fourth-order valence-corrected chi connectivity index (χ4v) is 14.6. The molecule has 6 aliphatic rings. The van der Waals surface area contributed by atoms with E-state index in [1.54, 1.807) is 6.08 Å². The summed E-state index contributed by atoms with van der Waals surface area (Å²) < 4.78 is 70.7. The van der Waals surface area contributed by atoms with Gasteiger partial charge in [-0.3, -0.25) is 9.59 Å². The van der Waals surface area contributed by atoms with E-state index in [-0.39, 0.29) is 12.3 Å². The van der Waals surface area contributed by atoms with Crippen LogP contribution >= 0.6 is 0 Å². The predicted molar refractivity (Wildman–Crippen MR) is 381 cm³/mol. The van der Waals surface area contributed by atoms with Gasteiger partial charge in [0.15, 0.2) is 37.7 Å². The van der Waals surface area contributed by atoms with Gasteiger partial charge in [-0.1, -0.05) is 180 Å². The van der Waals surface area contributed by atoms with Gasteiger partial charge in [0, 0.05) is 13.3 Å². The Labute approximate surface area is 634 Å². The first-order valence-electron chi connectivity index (χ1n) is 39.8. The highest BCUT2D eigenvalue weighted by molar-refractivity contribution is 5.76. The molecular weight excluding hydrogens is 1430 g/mol. The van der Waals surface area contributed by atoms with Crippen molar-refractivity contribution in [1.82, 2.24) is 10.6 Å². The lowest BCUT2D eigenvalue weighted by Gasteiger charge is -2.51. The minimum absolute atomic E-state index is 0.185. The lowest BCUT2D eigenvalue weighted by atomic mass is 9.94. The van der Waals surface area contributed by atoms with Gasteiger partial charge < -0.3 is 159 Å². The SMILES string of the molecule is CCCCCCCCCCCCC/C=C/[C@@H](O)[C@H](CO[C@@H]1OC(CO)[C@@H](O[C@@H]2OC(CO)[C@H](O[C@@H]3OC(CO)[C@H](O)[C@H](O[C@@H]4OC(CO)[C@H](O)[C@H](O[C@@H]5OC(CO)[C@H](O)[C@H](O)C5O[C@H]5OC(C)[C@@H](O)C(O)[C@@H]5O)C4NC(C)=O)C3O)[C@H](O)C2O)[C@H](O)C1O)NC(=O)CCCCCCCCCCCCCCCCC. The minimum Gasteiger partial charge on any atom is -0.394 e. The van der Waals surface area contributed by atoms with Gasteiger partial charge in [0.2, 0.25) is 11.8 Å². The van der Waals surface area contributed by atoms with E-state index in [9.17, 15) is 102 Å². The highest BCUT2D eigenvalue weighted by Gasteiger charge is 2.58. The first-order valence-corrected chi connectivity index (χ1v) is 39.8. The number of carbonyl (C=O) groups is 2. The van der Waals surface area contributed by atoms with Gasteiger partial charge in [-0.2, -0.15) is 0 Å². The first kappa shape index (κ1) is 94.3. The van der Waals surface area contributed by atoms with Crippen molar-refractivity contribution in [2.45, 2.75) is 404 Å². The van der Waals surface area contributed by atoms with Crippen LogP contribution < -0.4 is 10.6 Å². The van der Waals surface area contributed by atoms with Gasteiger partial charge in [-0.05, 0) is 26.2 Å². The standard InChI is InChI=1S/C74H134N2O32/c1-5-7-9-11-13-15-17-19-20-22-24-26-28-30-32-34-50(84)76-43(44(83)33-31-29-27-25-23-21-18-16-14-12-10-8-6-2)40-97-70-61(94)58(91)64(48(38-80)102-70)104-72-62(95)59(92)65(49(39-81)103-72)105-73-63(96)67(55(88)47(37-79)100-73)107-69-51(75-42(4)82)66(54(87)46(36-78)99-69)106-74-68(57(90)53(86)45(35-77)101-74)108-71-60(93)56(89)52(85)41(3)98-71/h31,33,41,43-49,51-74,77-81,83,85-96H,5-30,32,34-40H2,1-4H3,(H,75,82)(H,76,84)/b33-31+/t41?,43-,44+,45?,46?,47?,48?,49?,51?,52+,53-,54-,55-,56?,57-,58+,59+,60-,61?,62?,63?,64+,65-,66+,67-,68?,69-,70+,71+,72-,73-,74-/m0/s1. The molecular formula is C74H134N2O32. The fourth-order valence-electron chi connectivity index (χ4n) is 14.6. The number of rotatable bonds is 50. The Kier molecular flexibility index (Phi) is 43.7. The second kappa shape index (κ2) is 50.1. The van der Waals surface area contributed by atoms with E-state index in [4.69, 9.17) is 56.8 Å². The third-order valence-electron chi connectivity index (χ3n) is 21.3. The number of hydrogen-bond acceptors (Lipinski definition) is 32. The molecule has 0 spiro atoms. The van der Waals surface area contributed by atoms with Crippen molar-refractivity contribution in [2.75, 3.05) is 39.6 Å². The topological polar surface area (TPSA) is 533 Å². The van der Waals surface area contributed by atoms with Crippen molar-refractivity contribution in [1.29, 1.82) is 0 Å². The zero-order valence-electron chi connectivity index (χ0n) is 63.4. The third kappa shape index (κ3) is 28.2. The molecule has 6 saturated heterocycles. The van der Waals surface area contributed by atoms with Crippen molar-refractivity contribution in [3.8, 4) is 0 Å². The number of allylic oxidation sites excluding steroid dienone is 1. The molecule has 0 saturated carbocycles. The summed E-state index contributed by atoms with van der Waals surface area (Å²) >= 11 is 0. The van der Waals surface area contributed by atoms with E-state index >= 15 is 0 Å². The summed E-state index contributed by atoms with van der Waals surface area (Å²) in [7, 11) is 0. The Morgan fingerprint density at radius 3 is 1.25 bits per heavy atom. The molecule has 0 aromatic rings. The number of ether oxygens (including phenoxy) is 12. The van der Waals surface area contributed by atoms with Gasteiger partial charge in [0.1, 0.15) is 140 Å². The van der Waals surface area contributed by atoms with Crippen LogP contribution in [-0.4, -0.2) is 340 Å². The maximum absolute atomic E-state index is 13.5. The lowest BCUT2D eigenvalue weighted by Crippen LogP contribution is -2.70. The molecule has 32 atom stereocenters. The van der Waals surface area contributed by atoms with Crippen LogP contribution in [0.1, 0.15) is 207 Å². The average molecular weight is 1560 g/mol. The molecule has 6 aliphatic heterocycles. The van der Waals surface area contributed by atoms with Crippen molar-refractivity contribution >= 4 is 11.8 Å². The molecule has 6 rings (SSSR count). The van der Waals surface area contributed by atoms with Crippen LogP contribution in [0.5, 0.6) is 0 Å². The van der Waals surface area contributed by atoms with Gasteiger partial charge >= 0.3 is 0 Å². The average Bonchev–Trinajstić information content (AvgIpc) is 0.770.